The third-order valence-corrected chi connectivity index (χ3v) is 1.05. The van der Waals surface area contributed by atoms with Crippen LogP contribution in [0.1, 0.15) is 6.92 Å². The first-order valence-corrected chi connectivity index (χ1v) is 2.94. The van der Waals surface area contributed by atoms with Gasteiger partial charge in [-0.2, -0.15) is 0 Å². The highest BCUT2D eigenvalue weighted by Crippen LogP contribution is 2.05. The van der Waals surface area contributed by atoms with Gasteiger partial charge < -0.3 is 4.74 Å². The van der Waals surface area contributed by atoms with Gasteiger partial charge in [-0.25, -0.2) is 10.1 Å². The third-order valence-electron chi connectivity index (χ3n) is 1.05. The second-order valence-electron chi connectivity index (χ2n) is 1.79. The summed E-state index contributed by atoms with van der Waals surface area (Å²) in [6, 6.07) is 1.78. The van der Waals surface area contributed by atoms with E-state index in [1.54, 1.807) is 19.1 Å². The predicted molar refractivity (Wildman–Crippen MR) is 41.1 cm³/mol. The quantitative estimate of drug-likeness (QED) is 0.259. The van der Waals surface area contributed by atoms with E-state index >= 15 is 0 Å². The van der Waals surface area contributed by atoms with Crippen LogP contribution in [0.25, 0.3) is 4.85 Å². The lowest BCUT2D eigenvalue weighted by Crippen LogP contribution is -1.76. The average Bonchev–Trinajstić information content (AvgIpc) is 2.03. The molecule has 3 heteroatoms. The Balaban J connectivity index is 4.56. The fourth-order valence-electron chi connectivity index (χ4n) is 0.450. The van der Waals surface area contributed by atoms with E-state index in [1.807, 2.05) is 0 Å². The third kappa shape index (κ3) is 3.07. The van der Waals surface area contributed by atoms with E-state index in [2.05, 4.69) is 9.58 Å². The second kappa shape index (κ2) is 5.08. The van der Waals surface area contributed by atoms with Crippen LogP contribution in [-0.4, -0.2) is 7.11 Å². The van der Waals surface area contributed by atoms with Gasteiger partial charge in [-0.1, -0.05) is 0 Å². The van der Waals surface area contributed by atoms with Crippen molar-refractivity contribution in [2.75, 3.05) is 7.11 Å². The fraction of sp³-hybridized carbons (Fsp3) is 0.250. The van der Waals surface area contributed by atoms with E-state index in [0.717, 1.165) is 0 Å². The van der Waals surface area contributed by atoms with Gasteiger partial charge in [0.15, 0.2) is 0 Å². The Labute approximate surface area is 66.0 Å². The van der Waals surface area contributed by atoms with Gasteiger partial charge in [0, 0.05) is 0 Å². The fourth-order valence-corrected chi connectivity index (χ4v) is 0.450. The second-order valence-corrected chi connectivity index (χ2v) is 1.79. The molecule has 0 atom stereocenters. The highest BCUT2D eigenvalue weighted by atomic mass is 16.5. The zero-order valence-electron chi connectivity index (χ0n) is 6.46. The molecule has 0 N–H and O–H groups in total. The van der Waals surface area contributed by atoms with E-state index in [4.69, 9.17) is 11.8 Å². The topological polar surface area (TPSA) is 37.4 Å². The van der Waals surface area contributed by atoms with Crippen LogP contribution in [0.3, 0.4) is 0 Å². The largest absolute Gasteiger partial charge is 0.504 e. The molecule has 0 saturated heterocycles. The molecule has 0 aromatic carbocycles. The number of nitriles is 1. The molecule has 11 heavy (non-hydrogen) atoms. The van der Waals surface area contributed by atoms with Crippen molar-refractivity contribution >= 4 is 0 Å². The van der Waals surface area contributed by atoms with Crippen LogP contribution < -0.4 is 0 Å². The minimum absolute atomic E-state index is 0.0956. The van der Waals surface area contributed by atoms with Gasteiger partial charge in [-0.3, -0.25) is 0 Å². The number of hydrogen-bond acceptors (Lipinski definition) is 2. The number of nitrogens with zero attached hydrogens (tertiary/aromatic N) is 2. The molecule has 0 aliphatic heterocycles. The molecular formula is C8H8N2O. The molecule has 3 nitrogen and oxygen atoms in total. The molecule has 56 valence electrons. The lowest BCUT2D eigenvalue weighted by atomic mass is 10.2. The molecule has 0 aromatic heterocycles. The minimum atomic E-state index is 0.0956. The van der Waals surface area contributed by atoms with Crippen molar-refractivity contribution in [2.45, 2.75) is 6.92 Å². The Bertz CT molecular complexity index is 247. The van der Waals surface area contributed by atoms with Gasteiger partial charge in [0.1, 0.15) is 0 Å². The molecule has 0 fully saturated rings. The van der Waals surface area contributed by atoms with Gasteiger partial charge >= 0.3 is 0 Å². The predicted octanol–water partition coefficient (Wildman–Crippen LogP) is 1.86. The van der Waals surface area contributed by atoms with E-state index in [-0.39, 0.29) is 5.70 Å². The van der Waals surface area contributed by atoms with Crippen molar-refractivity contribution < 1.29 is 4.74 Å². The minimum Gasteiger partial charge on any atom is -0.504 e. The highest BCUT2D eigenvalue weighted by molar-refractivity contribution is 5.37. The summed E-state index contributed by atoms with van der Waals surface area (Å²) in [7, 11) is 1.51. The van der Waals surface area contributed by atoms with Crippen LogP contribution in [0.2, 0.25) is 0 Å². The van der Waals surface area contributed by atoms with Crippen molar-refractivity contribution in [3.8, 4) is 6.07 Å². The molecule has 0 heterocycles. The average molecular weight is 148 g/mol. The van der Waals surface area contributed by atoms with Gasteiger partial charge in [-0.05, 0) is 18.6 Å². The lowest BCUT2D eigenvalue weighted by molar-refractivity contribution is 0.338. The van der Waals surface area contributed by atoms with Crippen molar-refractivity contribution in [1.29, 1.82) is 5.26 Å². The number of hydrogen-bond donors (Lipinski definition) is 0. The molecule has 0 spiro atoms. The van der Waals surface area contributed by atoms with Gasteiger partial charge in [0.25, 0.3) is 5.70 Å². The summed E-state index contributed by atoms with van der Waals surface area (Å²) in [4.78, 5) is 3.02. The lowest BCUT2D eigenvalue weighted by Gasteiger charge is -1.89. The standard InChI is InChI=1S/C8H8N2O/c1-7(4-5-11-3)8(6-9)10-2/h4-5H,1,3H3/b5-4+,8-7-. The first-order valence-electron chi connectivity index (χ1n) is 2.94. The summed E-state index contributed by atoms with van der Waals surface area (Å²) in [5.41, 5.74) is 0.711. The van der Waals surface area contributed by atoms with Crippen LogP contribution in [0.15, 0.2) is 23.6 Å². The van der Waals surface area contributed by atoms with Crippen LogP contribution >= 0.6 is 0 Å². The molecule has 0 unspecified atom stereocenters. The maximum absolute atomic E-state index is 8.40. The first kappa shape index (κ1) is 9.26. The zero-order valence-corrected chi connectivity index (χ0v) is 6.46. The summed E-state index contributed by atoms with van der Waals surface area (Å²) in [6.07, 6.45) is 3.01. The molecule has 0 rings (SSSR count). The Morgan fingerprint density at radius 3 is 2.73 bits per heavy atom. The van der Waals surface area contributed by atoms with Crippen molar-refractivity contribution in [3.05, 3.63) is 35.0 Å². The van der Waals surface area contributed by atoms with Crippen LogP contribution in [0.4, 0.5) is 0 Å². The van der Waals surface area contributed by atoms with Gasteiger partial charge in [0.05, 0.1) is 26.0 Å². The van der Waals surface area contributed by atoms with Gasteiger partial charge in [-0.15, -0.1) is 0 Å². The van der Waals surface area contributed by atoms with Crippen molar-refractivity contribution in [2.24, 2.45) is 0 Å². The van der Waals surface area contributed by atoms with E-state index < -0.39 is 0 Å². The summed E-state index contributed by atoms with van der Waals surface area (Å²) in [6.45, 7) is 8.28. The number of ether oxygens (including phenoxy) is 1. The molecule has 0 bridgehead atoms. The normalized spacial score (nSPS) is 11.6. The summed E-state index contributed by atoms with van der Waals surface area (Å²) >= 11 is 0. The Morgan fingerprint density at radius 1 is 1.73 bits per heavy atom. The Kier molecular flexibility index (Phi) is 4.27. The molecule has 0 radical (unpaired) electrons. The van der Waals surface area contributed by atoms with Crippen LogP contribution in [0, 0.1) is 17.9 Å². The van der Waals surface area contributed by atoms with Crippen molar-refractivity contribution in [1.82, 2.24) is 0 Å². The molecule has 0 saturated carbocycles. The Hall–Kier alpha value is -1.74. The molecule has 0 amide bonds. The van der Waals surface area contributed by atoms with Crippen molar-refractivity contribution in [3.63, 3.8) is 0 Å². The number of methoxy groups -OCH3 is 1. The maximum atomic E-state index is 8.40. The number of rotatable bonds is 2. The highest BCUT2D eigenvalue weighted by Gasteiger charge is 1.95. The monoisotopic (exact) mass is 148 g/mol. The van der Waals surface area contributed by atoms with E-state index in [0.29, 0.717) is 5.57 Å². The molecule has 0 aliphatic rings. The zero-order chi connectivity index (χ0) is 8.69. The van der Waals surface area contributed by atoms with Crippen LogP contribution in [0.5, 0.6) is 0 Å². The molecule has 0 aliphatic carbocycles. The maximum Gasteiger partial charge on any atom is 0.264 e. The smallest absolute Gasteiger partial charge is 0.264 e. The van der Waals surface area contributed by atoms with Crippen LogP contribution in [-0.2, 0) is 4.74 Å². The first-order chi connectivity index (χ1) is 5.26. The summed E-state index contributed by atoms with van der Waals surface area (Å²) in [5.74, 6) is 0. The van der Waals surface area contributed by atoms with E-state index in [1.165, 1.54) is 13.4 Å². The van der Waals surface area contributed by atoms with Gasteiger partial charge in [0.2, 0.25) is 0 Å². The summed E-state index contributed by atoms with van der Waals surface area (Å²) < 4.78 is 4.62. The molecule has 0 aromatic rings. The SMILES string of the molecule is [C-]#[N+]/C(C#N)=C(C)\C=C\OC. The summed E-state index contributed by atoms with van der Waals surface area (Å²) in [5, 5.41) is 8.40. The number of allylic oxidation sites excluding steroid dienone is 3. The van der Waals surface area contributed by atoms with E-state index in [9.17, 15) is 0 Å². The molecular weight excluding hydrogens is 140 g/mol. The Morgan fingerprint density at radius 2 is 2.36 bits per heavy atom.